The zero-order chi connectivity index (χ0) is 9.23. The Morgan fingerprint density at radius 3 is 2.08 bits per heavy atom. The van der Waals surface area contributed by atoms with Crippen LogP contribution in [0.15, 0.2) is 0 Å². The molecule has 0 aliphatic carbocycles. The van der Waals surface area contributed by atoms with Crippen molar-refractivity contribution in [2.24, 2.45) is 0 Å². The molecule has 0 aliphatic rings. The van der Waals surface area contributed by atoms with Crippen molar-refractivity contribution in [2.75, 3.05) is 13.2 Å². The van der Waals surface area contributed by atoms with E-state index in [1.165, 1.54) is 6.42 Å². The molecule has 0 aliphatic heterocycles. The van der Waals surface area contributed by atoms with E-state index >= 15 is 0 Å². The molecular weight excluding hydrogens is 152 g/mol. The number of hydrogen-bond acceptors (Lipinski definition) is 2. The van der Waals surface area contributed by atoms with Gasteiger partial charge in [0.25, 0.3) is 0 Å². The Labute approximate surface area is 76.3 Å². The fourth-order valence-electron chi connectivity index (χ4n) is 0.792. The summed E-state index contributed by atoms with van der Waals surface area (Å²) in [5.74, 6) is 0. The number of ether oxygens (including phenoxy) is 2. The Morgan fingerprint density at radius 2 is 1.58 bits per heavy atom. The van der Waals surface area contributed by atoms with Gasteiger partial charge in [-0.15, -0.1) is 0 Å². The number of hydrogen-bond donors (Lipinski definition) is 0. The fraction of sp³-hybridized carbons (Fsp3) is 0.900. The van der Waals surface area contributed by atoms with E-state index < -0.39 is 0 Å². The Balaban J connectivity index is 3.26. The maximum atomic E-state index is 5.43. The van der Waals surface area contributed by atoms with Crippen LogP contribution in [0.2, 0.25) is 0 Å². The Kier molecular flexibility index (Phi) is 8.95. The van der Waals surface area contributed by atoms with Gasteiger partial charge >= 0.3 is 0 Å². The van der Waals surface area contributed by atoms with Gasteiger partial charge in [-0.3, -0.25) is 0 Å². The molecule has 0 heterocycles. The van der Waals surface area contributed by atoms with Crippen molar-refractivity contribution in [3.8, 4) is 0 Å². The van der Waals surface area contributed by atoms with Crippen molar-refractivity contribution in [3.63, 3.8) is 0 Å². The third-order valence-electron chi connectivity index (χ3n) is 1.52. The van der Waals surface area contributed by atoms with Crippen LogP contribution in [0.3, 0.4) is 0 Å². The smallest absolute Gasteiger partial charge is 0.223 e. The lowest BCUT2D eigenvalue weighted by molar-refractivity contribution is -0.0492. The standard InChI is InChI=1S/C10H21O2/c1-4-7-9-12-10(6-3)11-8-5-2/h4-9H2,1-3H3. The second-order valence-electron chi connectivity index (χ2n) is 2.78. The van der Waals surface area contributed by atoms with Gasteiger partial charge in [0.05, 0.1) is 6.61 Å². The van der Waals surface area contributed by atoms with Crippen molar-refractivity contribution in [2.45, 2.75) is 46.5 Å². The van der Waals surface area contributed by atoms with E-state index in [1.54, 1.807) is 0 Å². The first-order valence-corrected chi connectivity index (χ1v) is 4.96. The van der Waals surface area contributed by atoms with Gasteiger partial charge < -0.3 is 9.47 Å². The summed E-state index contributed by atoms with van der Waals surface area (Å²) in [6, 6.07) is 0. The van der Waals surface area contributed by atoms with E-state index in [1.807, 2.05) is 0 Å². The predicted molar refractivity (Wildman–Crippen MR) is 50.6 cm³/mol. The molecule has 1 radical (unpaired) electrons. The molecule has 0 aromatic rings. The van der Waals surface area contributed by atoms with Crippen LogP contribution >= 0.6 is 0 Å². The highest BCUT2D eigenvalue weighted by Gasteiger charge is 2.06. The summed E-state index contributed by atoms with van der Waals surface area (Å²) in [4.78, 5) is 0. The summed E-state index contributed by atoms with van der Waals surface area (Å²) in [6.45, 7) is 7.87. The van der Waals surface area contributed by atoms with Gasteiger partial charge in [-0.2, -0.15) is 0 Å². The first-order valence-electron chi connectivity index (χ1n) is 4.96. The van der Waals surface area contributed by atoms with Crippen molar-refractivity contribution in [1.29, 1.82) is 0 Å². The summed E-state index contributed by atoms with van der Waals surface area (Å²) in [5, 5.41) is 0. The lowest BCUT2D eigenvalue weighted by atomic mass is 10.3. The monoisotopic (exact) mass is 173 g/mol. The number of unbranched alkanes of at least 4 members (excludes halogenated alkanes) is 1. The number of rotatable bonds is 8. The van der Waals surface area contributed by atoms with E-state index in [0.717, 1.165) is 38.8 Å². The summed E-state index contributed by atoms with van der Waals surface area (Å²) in [6.07, 6.45) is 4.99. The van der Waals surface area contributed by atoms with Gasteiger partial charge in [0.15, 0.2) is 0 Å². The molecule has 0 amide bonds. The molecule has 2 heteroatoms. The van der Waals surface area contributed by atoms with Crippen LogP contribution in [0.4, 0.5) is 0 Å². The van der Waals surface area contributed by atoms with E-state index in [0.29, 0.717) is 0 Å². The topological polar surface area (TPSA) is 18.5 Å². The van der Waals surface area contributed by atoms with Crippen LogP contribution in [0.1, 0.15) is 46.5 Å². The molecule has 0 rings (SSSR count). The minimum atomic E-state index is 0.773. The van der Waals surface area contributed by atoms with Crippen LogP contribution in [0, 0.1) is 6.29 Å². The molecule has 2 nitrogen and oxygen atoms in total. The minimum Gasteiger partial charge on any atom is -0.345 e. The molecule has 0 saturated heterocycles. The van der Waals surface area contributed by atoms with Crippen LogP contribution < -0.4 is 0 Å². The van der Waals surface area contributed by atoms with E-state index in [4.69, 9.17) is 9.47 Å². The van der Waals surface area contributed by atoms with Gasteiger partial charge in [0, 0.05) is 13.0 Å². The third-order valence-corrected chi connectivity index (χ3v) is 1.52. The highest BCUT2D eigenvalue weighted by molar-refractivity contribution is 4.61. The summed E-state index contributed by atoms with van der Waals surface area (Å²) >= 11 is 0. The first kappa shape index (κ1) is 11.9. The Hall–Kier alpha value is -0.0800. The lowest BCUT2D eigenvalue weighted by Gasteiger charge is -2.13. The predicted octanol–water partition coefficient (Wildman–Crippen LogP) is 3.13. The lowest BCUT2D eigenvalue weighted by Crippen LogP contribution is -2.08. The highest BCUT2D eigenvalue weighted by atomic mass is 16.7. The van der Waals surface area contributed by atoms with E-state index in [9.17, 15) is 0 Å². The zero-order valence-electron chi connectivity index (χ0n) is 8.56. The average molecular weight is 173 g/mol. The molecule has 0 aromatic carbocycles. The Bertz CT molecular complexity index is 83.9. The van der Waals surface area contributed by atoms with Crippen LogP contribution in [0.25, 0.3) is 0 Å². The molecule has 0 unspecified atom stereocenters. The average Bonchev–Trinajstić information content (AvgIpc) is 2.11. The summed E-state index contributed by atoms with van der Waals surface area (Å²) < 4.78 is 10.8. The van der Waals surface area contributed by atoms with Gasteiger partial charge in [0.1, 0.15) is 0 Å². The molecule has 0 fully saturated rings. The highest BCUT2D eigenvalue weighted by Crippen LogP contribution is 2.10. The molecule has 0 saturated carbocycles. The largest absolute Gasteiger partial charge is 0.345 e. The third kappa shape index (κ3) is 6.62. The molecule has 0 spiro atoms. The molecule has 73 valence electrons. The fourth-order valence-corrected chi connectivity index (χ4v) is 0.792. The minimum absolute atomic E-state index is 0.773. The van der Waals surface area contributed by atoms with Gasteiger partial charge in [0.2, 0.25) is 6.29 Å². The quantitative estimate of drug-likeness (QED) is 0.525. The molecule has 0 bridgehead atoms. The van der Waals surface area contributed by atoms with Crippen molar-refractivity contribution in [3.05, 3.63) is 6.29 Å². The van der Waals surface area contributed by atoms with Gasteiger partial charge in [-0.25, -0.2) is 0 Å². The van der Waals surface area contributed by atoms with Crippen molar-refractivity contribution >= 4 is 0 Å². The van der Waals surface area contributed by atoms with Crippen molar-refractivity contribution < 1.29 is 9.47 Å². The normalized spacial score (nSPS) is 11.0. The summed E-state index contributed by atoms with van der Waals surface area (Å²) in [5.41, 5.74) is 0. The van der Waals surface area contributed by atoms with Crippen LogP contribution in [-0.4, -0.2) is 13.2 Å². The molecular formula is C10H21O2. The second-order valence-corrected chi connectivity index (χ2v) is 2.78. The maximum Gasteiger partial charge on any atom is 0.223 e. The van der Waals surface area contributed by atoms with E-state index in [-0.39, 0.29) is 0 Å². The molecule has 0 atom stereocenters. The van der Waals surface area contributed by atoms with Crippen LogP contribution in [0.5, 0.6) is 0 Å². The van der Waals surface area contributed by atoms with Gasteiger partial charge in [-0.1, -0.05) is 27.2 Å². The zero-order valence-corrected chi connectivity index (χ0v) is 8.56. The second kappa shape index (κ2) is 9.01. The van der Waals surface area contributed by atoms with Crippen molar-refractivity contribution in [1.82, 2.24) is 0 Å². The molecule has 0 N–H and O–H groups in total. The van der Waals surface area contributed by atoms with Gasteiger partial charge in [-0.05, 0) is 12.8 Å². The Morgan fingerprint density at radius 1 is 0.917 bits per heavy atom. The van der Waals surface area contributed by atoms with E-state index in [2.05, 4.69) is 20.8 Å². The molecule has 0 aromatic heterocycles. The molecule has 12 heavy (non-hydrogen) atoms. The van der Waals surface area contributed by atoms with Crippen LogP contribution in [-0.2, 0) is 9.47 Å². The maximum absolute atomic E-state index is 5.43. The summed E-state index contributed by atoms with van der Waals surface area (Å²) in [7, 11) is 0. The SMILES string of the molecule is CCCCO[C](CC)OCCC. The first-order chi connectivity index (χ1) is 5.85.